The van der Waals surface area contributed by atoms with Gasteiger partial charge in [0.25, 0.3) is 5.91 Å². The summed E-state index contributed by atoms with van der Waals surface area (Å²) in [7, 11) is 1.78. The van der Waals surface area contributed by atoms with E-state index in [0.29, 0.717) is 18.7 Å². The maximum Gasteiger partial charge on any atom is 0.254 e. The maximum absolute atomic E-state index is 12.4. The van der Waals surface area contributed by atoms with E-state index in [2.05, 4.69) is 6.92 Å². The minimum Gasteiger partial charge on any atom is -0.494 e. The zero-order valence-electron chi connectivity index (χ0n) is 13.0. The Kier molecular flexibility index (Phi) is 6.02. The second-order valence-corrected chi connectivity index (χ2v) is 5.61. The molecule has 0 saturated carbocycles. The molecule has 0 saturated heterocycles. The van der Waals surface area contributed by atoms with E-state index in [0.717, 1.165) is 18.6 Å². The van der Waals surface area contributed by atoms with E-state index in [-0.39, 0.29) is 11.4 Å². The van der Waals surface area contributed by atoms with Gasteiger partial charge in [0.05, 0.1) is 6.61 Å². The monoisotopic (exact) mass is 278 g/mol. The molecule has 0 aliphatic heterocycles. The van der Waals surface area contributed by atoms with Gasteiger partial charge in [-0.3, -0.25) is 4.79 Å². The van der Waals surface area contributed by atoms with E-state index >= 15 is 0 Å². The molecule has 1 aromatic carbocycles. The highest BCUT2D eigenvalue weighted by atomic mass is 16.5. The van der Waals surface area contributed by atoms with Crippen molar-refractivity contribution in [3.8, 4) is 5.75 Å². The highest BCUT2D eigenvalue weighted by Crippen LogP contribution is 2.17. The summed E-state index contributed by atoms with van der Waals surface area (Å²) >= 11 is 0. The molecular formula is C16H26N2O2. The van der Waals surface area contributed by atoms with Crippen molar-refractivity contribution >= 4 is 5.91 Å². The molecule has 0 aliphatic carbocycles. The molecule has 0 aromatic heterocycles. The summed E-state index contributed by atoms with van der Waals surface area (Å²) in [6, 6.07) is 7.28. The second kappa shape index (κ2) is 7.29. The Bertz CT molecular complexity index is 427. The van der Waals surface area contributed by atoms with E-state index in [9.17, 15) is 4.79 Å². The van der Waals surface area contributed by atoms with Crippen molar-refractivity contribution in [3.63, 3.8) is 0 Å². The van der Waals surface area contributed by atoms with Crippen LogP contribution in [0.15, 0.2) is 24.3 Å². The molecule has 20 heavy (non-hydrogen) atoms. The standard InChI is InChI=1S/C16H26N2O2/c1-5-6-11-20-14-9-7-13(8-10-14)15(19)18(4)16(2,3)12-17/h7-10H,5-6,11-12,17H2,1-4H3. The lowest BCUT2D eigenvalue weighted by molar-refractivity contribution is 0.0640. The zero-order chi connectivity index (χ0) is 15.2. The lowest BCUT2D eigenvalue weighted by Gasteiger charge is -2.34. The van der Waals surface area contributed by atoms with E-state index in [4.69, 9.17) is 10.5 Å². The van der Waals surface area contributed by atoms with E-state index in [1.807, 2.05) is 26.0 Å². The maximum atomic E-state index is 12.4. The van der Waals surface area contributed by atoms with Crippen LogP contribution in [0.1, 0.15) is 44.0 Å². The zero-order valence-corrected chi connectivity index (χ0v) is 13.0. The molecule has 1 aromatic rings. The molecule has 0 atom stereocenters. The first kappa shape index (κ1) is 16.5. The molecule has 1 rings (SSSR count). The molecule has 0 aliphatic rings. The predicted molar refractivity (Wildman–Crippen MR) is 82.1 cm³/mol. The molecule has 0 radical (unpaired) electrons. The van der Waals surface area contributed by atoms with Crippen molar-refractivity contribution in [3.05, 3.63) is 29.8 Å². The number of rotatable bonds is 7. The number of amides is 1. The number of hydrogen-bond acceptors (Lipinski definition) is 3. The normalized spacial score (nSPS) is 11.2. The Morgan fingerprint density at radius 2 is 1.90 bits per heavy atom. The SMILES string of the molecule is CCCCOc1ccc(C(=O)N(C)C(C)(C)CN)cc1. The number of nitrogens with two attached hydrogens (primary N) is 1. The Hall–Kier alpha value is -1.55. The number of unbranched alkanes of at least 4 members (excludes halogenated alkanes) is 1. The van der Waals surface area contributed by atoms with Gasteiger partial charge in [0, 0.05) is 24.7 Å². The van der Waals surface area contributed by atoms with Crippen molar-refractivity contribution in [2.45, 2.75) is 39.2 Å². The number of likely N-dealkylation sites (N-methyl/N-ethyl adjacent to an activating group) is 1. The summed E-state index contributed by atoms with van der Waals surface area (Å²) in [6.07, 6.45) is 2.14. The Labute approximate surface area is 121 Å². The van der Waals surface area contributed by atoms with Gasteiger partial charge in [-0.1, -0.05) is 13.3 Å². The van der Waals surface area contributed by atoms with Crippen LogP contribution in [0.2, 0.25) is 0 Å². The first-order valence-electron chi connectivity index (χ1n) is 7.13. The van der Waals surface area contributed by atoms with Gasteiger partial charge in [-0.05, 0) is 44.5 Å². The van der Waals surface area contributed by atoms with Gasteiger partial charge in [-0.25, -0.2) is 0 Å². The van der Waals surface area contributed by atoms with Crippen LogP contribution in [0.3, 0.4) is 0 Å². The number of ether oxygens (including phenoxy) is 1. The fourth-order valence-corrected chi connectivity index (χ4v) is 1.63. The second-order valence-electron chi connectivity index (χ2n) is 5.61. The number of carbonyl (C=O) groups is 1. The molecule has 112 valence electrons. The fourth-order valence-electron chi connectivity index (χ4n) is 1.63. The molecule has 0 unspecified atom stereocenters. The topological polar surface area (TPSA) is 55.6 Å². The van der Waals surface area contributed by atoms with Crippen LogP contribution in [0, 0.1) is 0 Å². The Balaban J connectivity index is 2.70. The summed E-state index contributed by atoms with van der Waals surface area (Å²) in [4.78, 5) is 14.0. The lowest BCUT2D eigenvalue weighted by atomic mass is 10.0. The highest BCUT2D eigenvalue weighted by molar-refractivity contribution is 5.94. The minimum atomic E-state index is -0.354. The van der Waals surface area contributed by atoms with E-state index < -0.39 is 0 Å². The Morgan fingerprint density at radius 3 is 2.40 bits per heavy atom. The average Bonchev–Trinajstić information content (AvgIpc) is 2.46. The third-order valence-electron chi connectivity index (χ3n) is 3.58. The van der Waals surface area contributed by atoms with Gasteiger partial charge in [0.1, 0.15) is 5.75 Å². The third-order valence-corrected chi connectivity index (χ3v) is 3.58. The first-order chi connectivity index (χ1) is 9.42. The molecule has 4 heteroatoms. The van der Waals surface area contributed by atoms with Crippen molar-refractivity contribution < 1.29 is 9.53 Å². The van der Waals surface area contributed by atoms with Gasteiger partial charge in [0.15, 0.2) is 0 Å². The fraction of sp³-hybridized carbons (Fsp3) is 0.562. The predicted octanol–water partition coefficient (Wildman–Crippen LogP) is 2.67. The van der Waals surface area contributed by atoms with E-state index in [1.165, 1.54) is 0 Å². The molecule has 4 nitrogen and oxygen atoms in total. The van der Waals surface area contributed by atoms with Gasteiger partial charge in [-0.15, -0.1) is 0 Å². The number of hydrogen-bond donors (Lipinski definition) is 1. The van der Waals surface area contributed by atoms with Gasteiger partial charge in [0.2, 0.25) is 0 Å². The number of nitrogens with zero attached hydrogens (tertiary/aromatic N) is 1. The molecule has 0 bridgehead atoms. The van der Waals surface area contributed by atoms with Gasteiger partial charge in [-0.2, -0.15) is 0 Å². The van der Waals surface area contributed by atoms with Crippen LogP contribution in [0.5, 0.6) is 5.75 Å². The van der Waals surface area contributed by atoms with Gasteiger partial charge >= 0.3 is 0 Å². The molecule has 0 spiro atoms. The summed E-state index contributed by atoms with van der Waals surface area (Å²) in [6.45, 7) is 7.16. The molecule has 2 N–H and O–H groups in total. The Morgan fingerprint density at radius 1 is 1.30 bits per heavy atom. The highest BCUT2D eigenvalue weighted by Gasteiger charge is 2.26. The summed E-state index contributed by atoms with van der Waals surface area (Å²) < 4.78 is 5.59. The average molecular weight is 278 g/mol. The smallest absolute Gasteiger partial charge is 0.254 e. The van der Waals surface area contributed by atoms with Crippen LogP contribution in [-0.2, 0) is 0 Å². The van der Waals surface area contributed by atoms with Crippen LogP contribution in [0.25, 0.3) is 0 Å². The molecule has 0 fully saturated rings. The van der Waals surface area contributed by atoms with Gasteiger partial charge < -0.3 is 15.4 Å². The minimum absolute atomic E-state index is 0.0273. The third kappa shape index (κ3) is 4.23. The number of carbonyl (C=O) groups excluding carboxylic acids is 1. The molecule has 1 amide bonds. The van der Waals surface area contributed by atoms with Crippen LogP contribution < -0.4 is 10.5 Å². The summed E-state index contributed by atoms with van der Waals surface area (Å²) in [5, 5.41) is 0. The largest absolute Gasteiger partial charge is 0.494 e. The summed E-state index contributed by atoms with van der Waals surface area (Å²) in [5.74, 6) is 0.774. The van der Waals surface area contributed by atoms with Crippen LogP contribution >= 0.6 is 0 Å². The quantitative estimate of drug-likeness (QED) is 0.780. The molecule has 0 heterocycles. The van der Waals surface area contributed by atoms with Crippen LogP contribution in [0.4, 0.5) is 0 Å². The lowest BCUT2D eigenvalue weighted by Crippen LogP contribution is -2.50. The first-order valence-corrected chi connectivity index (χ1v) is 7.13. The van der Waals surface area contributed by atoms with Crippen molar-refractivity contribution in [2.24, 2.45) is 5.73 Å². The number of benzene rings is 1. The van der Waals surface area contributed by atoms with Crippen molar-refractivity contribution in [1.29, 1.82) is 0 Å². The van der Waals surface area contributed by atoms with Crippen LogP contribution in [-0.4, -0.2) is 36.5 Å². The van der Waals surface area contributed by atoms with E-state index in [1.54, 1.807) is 24.1 Å². The molecular weight excluding hydrogens is 252 g/mol. The van der Waals surface area contributed by atoms with Crippen molar-refractivity contribution in [1.82, 2.24) is 4.90 Å². The van der Waals surface area contributed by atoms with Crippen molar-refractivity contribution in [2.75, 3.05) is 20.2 Å². The summed E-state index contributed by atoms with van der Waals surface area (Å²) in [5.41, 5.74) is 6.00.